The number of anilines is 1. The van der Waals surface area contributed by atoms with Gasteiger partial charge in [-0.3, -0.25) is 0 Å². The number of hydrogen-bond acceptors (Lipinski definition) is 5. The van der Waals surface area contributed by atoms with E-state index in [1.807, 2.05) is 12.1 Å². The second kappa shape index (κ2) is 7.74. The molecule has 2 rings (SSSR count). The van der Waals surface area contributed by atoms with Crippen molar-refractivity contribution < 1.29 is 9.16 Å². The van der Waals surface area contributed by atoms with E-state index >= 15 is 0 Å². The number of nitrogens with zero attached hydrogens (tertiary/aromatic N) is 1. The summed E-state index contributed by atoms with van der Waals surface area (Å²) >= 11 is 7.67. The van der Waals surface area contributed by atoms with E-state index in [0.29, 0.717) is 22.2 Å². The molecular weight excluding hydrogens is 396 g/mol. The van der Waals surface area contributed by atoms with Crippen LogP contribution >= 0.6 is 22.9 Å². The van der Waals surface area contributed by atoms with Crippen LogP contribution in [0.5, 0.6) is 5.75 Å². The molecule has 1 aromatic carbocycles. The van der Waals surface area contributed by atoms with E-state index in [1.165, 1.54) is 11.3 Å². The summed E-state index contributed by atoms with van der Waals surface area (Å²) in [7, 11) is -0.248. The lowest BCUT2D eigenvalue weighted by Gasteiger charge is -2.42. The molecule has 0 aliphatic heterocycles. The molecule has 0 aliphatic carbocycles. The molecule has 0 bridgehead atoms. The van der Waals surface area contributed by atoms with Crippen molar-refractivity contribution in [1.82, 2.24) is 4.98 Å². The SMILES string of the molecule is COc1ccc(Cl)cc1-c1nc(CC(C)(C)O[Si](C)(C)C(C)(C)C)sc1N. The summed E-state index contributed by atoms with van der Waals surface area (Å²) in [5.41, 5.74) is 7.50. The highest BCUT2D eigenvalue weighted by molar-refractivity contribution is 7.16. The summed E-state index contributed by atoms with van der Waals surface area (Å²) in [6.07, 6.45) is 0.706. The van der Waals surface area contributed by atoms with Gasteiger partial charge in [-0.1, -0.05) is 32.4 Å². The van der Waals surface area contributed by atoms with Crippen molar-refractivity contribution in [3.8, 4) is 17.0 Å². The summed E-state index contributed by atoms with van der Waals surface area (Å²) in [6, 6.07) is 5.47. The van der Waals surface area contributed by atoms with Gasteiger partial charge in [-0.15, -0.1) is 11.3 Å². The van der Waals surface area contributed by atoms with Crippen LogP contribution in [0.1, 0.15) is 39.6 Å². The molecule has 0 spiro atoms. The predicted molar refractivity (Wildman–Crippen MR) is 120 cm³/mol. The molecule has 0 amide bonds. The molecule has 7 heteroatoms. The van der Waals surface area contributed by atoms with Crippen LogP contribution in [0.25, 0.3) is 11.3 Å². The highest BCUT2D eigenvalue weighted by atomic mass is 35.5. The summed E-state index contributed by atoms with van der Waals surface area (Å²) in [6.45, 7) is 15.6. The third kappa shape index (κ3) is 5.25. The maximum absolute atomic E-state index is 6.63. The minimum atomic E-state index is -1.88. The standard InChI is InChI=1S/C20H31ClN2O2SSi/c1-19(2,3)27(7,8)25-20(4,5)12-16-23-17(18(22)26-16)14-11-13(21)9-10-15(14)24-6/h9-11H,12,22H2,1-8H3. The molecule has 2 N–H and O–H groups in total. The van der Waals surface area contributed by atoms with E-state index in [4.69, 9.17) is 31.5 Å². The first-order valence-electron chi connectivity index (χ1n) is 9.05. The second-order valence-corrected chi connectivity index (χ2v) is 15.2. The van der Waals surface area contributed by atoms with E-state index in [1.54, 1.807) is 13.2 Å². The topological polar surface area (TPSA) is 57.4 Å². The molecule has 0 saturated carbocycles. The molecule has 0 unspecified atom stereocenters. The lowest BCUT2D eigenvalue weighted by Crippen LogP contribution is -2.48. The monoisotopic (exact) mass is 426 g/mol. The number of ether oxygens (including phenoxy) is 1. The number of methoxy groups -OCH3 is 1. The Morgan fingerprint density at radius 3 is 2.37 bits per heavy atom. The van der Waals surface area contributed by atoms with Crippen molar-refractivity contribution in [2.45, 2.75) is 64.8 Å². The van der Waals surface area contributed by atoms with Crippen LogP contribution in [0.4, 0.5) is 5.00 Å². The van der Waals surface area contributed by atoms with Gasteiger partial charge in [0.25, 0.3) is 0 Å². The number of nitrogen functional groups attached to an aromatic ring is 1. The van der Waals surface area contributed by atoms with E-state index in [2.05, 4.69) is 47.7 Å². The Bertz CT molecular complexity index is 813. The van der Waals surface area contributed by atoms with Crippen molar-refractivity contribution in [3.05, 3.63) is 28.2 Å². The third-order valence-electron chi connectivity index (χ3n) is 5.03. The van der Waals surface area contributed by atoms with Gasteiger partial charge in [0.15, 0.2) is 8.32 Å². The number of rotatable bonds is 6. The zero-order chi connectivity index (χ0) is 20.6. The molecule has 150 valence electrons. The van der Waals surface area contributed by atoms with Gasteiger partial charge in [0.05, 0.1) is 17.7 Å². The Balaban J connectivity index is 2.30. The van der Waals surface area contributed by atoms with E-state index in [9.17, 15) is 0 Å². The molecule has 27 heavy (non-hydrogen) atoms. The number of nitrogens with two attached hydrogens (primary N) is 1. The maximum atomic E-state index is 6.63. The molecule has 2 aromatic rings. The largest absolute Gasteiger partial charge is 0.496 e. The van der Waals surface area contributed by atoms with Crippen molar-refractivity contribution in [3.63, 3.8) is 0 Å². The Morgan fingerprint density at radius 1 is 1.19 bits per heavy atom. The maximum Gasteiger partial charge on any atom is 0.192 e. The van der Waals surface area contributed by atoms with Gasteiger partial charge in [-0.05, 0) is 50.2 Å². The van der Waals surface area contributed by atoms with Crippen LogP contribution in [0.15, 0.2) is 18.2 Å². The molecule has 4 nitrogen and oxygen atoms in total. The molecule has 1 aromatic heterocycles. The van der Waals surface area contributed by atoms with Crippen molar-refractivity contribution >= 4 is 36.3 Å². The fourth-order valence-electron chi connectivity index (χ4n) is 2.76. The van der Waals surface area contributed by atoms with Crippen molar-refractivity contribution in [1.29, 1.82) is 0 Å². The molecule has 0 saturated heterocycles. The predicted octanol–water partition coefficient (Wildman–Crippen LogP) is 6.40. The number of thiazole rings is 1. The molecule has 0 radical (unpaired) electrons. The lowest BCUT2D eigenvalue weighted by atomic mass is 10.1. The minimum absolute atomic E-state index is 0.158. The number of hydrogen-bond donors (Lipinski definition) is 1. The average Bonchev–Trinajstić information content (AvgIpc) is 2.84. The van der Waals surface area contributed by atoms with Crippen LogP contribution in [0, 0.1) is 0 Å². The van der Waals surface area contributed by atoms with Crippen molar-refractivity contribution in [2.75, 3.05) is 12.8 Å². The van der Waals surface area contributed by atoms with Gasteiger partial charge in [-0.2, -0.15) is 0 Å². The molecule has 1 heterocycles. The fraction of sp³-hybridized carbons (Fsp3) is 0.550. The first-order valence-corrected chi connectivity index (χ1v) is 13.2. The van der Waals surface area contributed by atoms with Gasteiger partial charge in [0, 0.05) is 17.0 Å². The van der Waals surface area contributed by atoms with Crippen LogP contribution in [-0.4, -0.2) is 26.0 Å². The van der Waals surface area contributed by atoms with Crippen molar-refractivity contribution in [2.24, 2.45) is 0 Å². The first kappa shape index (κ1) is 22.2. The summed E-state index contributed by atoms with van der Waals surface area (Å²) < 4.78 is 12.1. The van der Waals surface area contributed by atoms with Gasteiger partial charge < -0.3 is 14.9 Å². The first-order chi connectivity index (χ1) is 12.3. The highest BCUT2D eigenvalue weighted by Crippen LogP contribution is 2.42. The van der Waals surface area contributed by atoms with Crippen LogP contribution in [0.3, 0.4) is 0 Å². The summed E-state index contributed by atoms with van der Waals surface area (Å²) in [4.78, 5) is 4.80. The Hall–Kier alpha value is -1.08. The molecule has 0 fully saturated rings. The van der Waals surface area contributed by atoms with Crippen LogP contribution in [0.2, 0.25) is 23.2 Å². The zero-order valence-electron chi connectivity index (χ0n) is 17.6. The Kier molecular flexibility index (Phi) is 6.37. The lowest BCUT2D eigenvalue weighted by molar-refractivity contribution is 0.0920. The quantitative estimate of drug-likeness (QED) is 0.543. The zero-order valence-corrected chi connectivity index (χ0v) is 20.1. The smallest absolute Gasteiger partial charge is 0.192 e. The molecule has 0 aliphatic rings. The number of halogens is 1. The molecular formula is C20H31ClN2O2SSi. The van der Waals surface area contributed by atoms with Crippen LogP contribution in [-0.2, 0) is 10.8 Å². The third-order valence-corrected chi connectivity index (χ3v) is 10.8. The van der Waals surface area contributed by atoms with Gasteiger partial charge in [0.2, 0.25) is 0 Å². The second-order valence-electron chi connectivity index (χ2n) is 8.96. The minimum Gasteiger partial charge on any atom is -0.496 e. The van der Waals surface area contributed by atoms with Gasteiger partial charge in [0.1, 0.15) is 16.4 Å². The Labute approximate surface area is 173 Å². The average molecular weight is 427 g/mol. The van der Waals surface area contributed by atoms with E-state index < -0.39 is 8.32 Å². The number of aromatic nitrogens is 1. The fourth-order valence-corrected chi connectivity index (χ4v) is 5.75. The normalized spacial score (nSPS) is 13.1. The summed E-state index contributed by atoms with van der Waals surface area (Å²) in [5.74, 6) is 0.708. The Morgan fingerprint density at radius 2 is 1.81 bits per heavy atom. The highest BCUT2D eigenvalue weighted by Gasteiger charge is 2.41. The summed E-state index contributed by atoms with van der Waals surface area (Å²) in [5, 5.41) is 2.40. The van der Waals surface area contributed by atoms with Gasteiger partial charge >= 0.3 is 0 Å². The number of benzene rings is 1. The van der Waals surface area contributed by atoms with Crippen LogP contribution < -0.4 is 10.5 Å². The molecule has 0 atom stereocenters. The van der Waals surface area contributed by atoms with E-state index in [0.717, 1.165) is 16.3 Å². The van der Waals surface area contributed by atoms with Gasteiger partial charge in [-0.25, -0.2) is 4.98 Å². The van der Waals surface area contributed by atoms with E-state index in [-0.39, 0.29) is 10.6 Å².